The molecule has 32 heavy (non-hydrogen) atoms. The third-order valence-corrected chi connectivity index (χ3v) is 6.20. The molecule has 0 saturated heterocycles. The maximum Gasteiger partial charge on any atom is 0.253 e. The minimum Gasteiger partial charge on any atom is -0.508 e. The maximum atomic E-state index is 12.6. The first-order chi connectivity index (χ1) is 15.2. The second-order valence-corrected chi connectivity index (χ2v) is 8.17. The smallest absolute Gasteiger partial charge is 0.253 e. The fourth-order valence-corrected chi connectivity index (χ4v) is 4.30. The van der Waals surface area contributed by atoms with Crippen LogP contribution in [-0.4, -0.2) is 28.8 Å². The second-order valence-electron chi connectivity index (χ2n) is 8.17. The summed E-state index contributed by atoms with van der Waals surface area (Å²) in [7, 11) is 0. The first-order valence-corrected chi connectivity index (χ1v) is 11.0. The number of amides is 1. The lowest BCUT2D eigenvalue weighted by atomic mass is 9.99. The molecule has 5 N–H and O–H groups in total. The molecule has 0 fully saturated rings. The average Bonchev–Trinajstić information content (AvgIpc) is 3.06. The Morgan fingerprint density at radius 1 is 1.31 bits per heavy atom. The normalized spacial score (nSPS) is 16.2. The molecule has 6 heteroatoms. The zero-order chi connectivity index (χ0) is 23.6. The highest BCUT2D eigenvalue weighted by atomic mass is 16.5. The molecule has 2 aromatic rings. The van der Waals surface area contributed by atoms with Gasteiger partial charge in [-0.2, -0.15) is 0 Å². The number of carbonyl (C=O) groups is 1. The van der Waals surface area contributed by atoms with E-state index in [1.54, 1.807) is 6.07 Å². The van der Waals surface area contributed by atoms with E-state index in [-0.39, 0.29) is 11.6 Å². The van der Waals surface area contributed by atoms with Crippen LogP contribution in [0.5, 0.6) is 5.75 Å². The van der Waals surface area contributed by atoms with E-state index in [1.807, 2.05) is 50.5 Å². The Morgan fingerprint density at radius 3 is 2.59 bits per heavy atom. The number of primary amides is 1. The van der Waals surface area contributed by atoms with Crippen LogP contribution in [0.1, 0.15) is 55.1 Å². The summed E-state index contributed by atoms with van der Waals surface area (Å²) in [6.07, 6.45) is 7.67. The Hall–Kier alpha value is -3.25. The van der Waals surface area contributed by atoms with Crippen molar-refractivity contribution >= 4 is 23.4 Å². The highest BCUT2D eigenvalue weighted by Gasteiger charge is 2.22. The molecule has 0 aliphatic carbocycles. The van der Waals surface area contributed by atoms with Crippen molar-refractivity contribution < 1.29 is 14.6 Å². The van der Waals surface area contributed by atoms with Gasteiger partial charge in [-0.25, -0.2) is 0 Å². The van der Waals surface area contributed by atoms with Gasteiger partial charge in [0, 0.05) is 10.8 Å². The van der Waals surface area contributed by atoms with Crippen LogP contribution in [0.3, 0.4) is 0 Å². The van der Waals surface area contributed by atoms with Crippen LogP contribution >= 0.6 is 0 Å². The van der Waals surface area contributed by atoms with Crippen molar-refractivity contribution in [2.45, 2.75) is 47.5 Å². The van der Waals surface area contributed by atoms with Gasteiger partial charge in [-0.3, -0.25) is 9.36 Å². The van der Waals surface area contributed by atoms with Crippen LogP contribution in [-0.2, 0) is 4.74 Å². The number of phenols is 1. The van der Waals surface area contributed by atoms with E-state index in [9.17, 15) is 9.90 Å². The lowest BCUT2D eigenvalue weighted by Crippen LogP contribution is -2.34. The molecule has 1 aliphatic heterocycles. The second kappa shape index (κ2) is 9.49. The van der Waals surface area contributed by atoms with Crippen LogP contribution in [0.15, 0.2) is 35.4 Å². The molecule has 1 aromatic heterocycles. The Bertz CT molecular complexity index is 1250. The molecule has 170 valence electrons. The number of ether oxygens (including phenoxy) is 1. The third-order valence-electron chi connectivity index (χ3n) is 6.20. The first kappa shape index (κ1) is 23.4. The van der Waals surface area contributed by atoms with Gasteiger partial charge >= 0.3 is 0 Å². The molecule has 1 aliphatic rings. The zero-order valence-corrected chi connectivity index (χ0v) is 19.6. The van der Waals surface area contributed by atoms with E-state index in [0.29, 0.717) is 29.6 Å². The summed E-state index contributed by atoms with van der Waals surface area (Å²) in [5.41, 5.74) is 18.4. The molecule has 0 saturated carbocycles. The lowest BCUT2D eigenvalue weighted by Gasteiger charge is -2.16. The summed E-state index contributed by atoms with van der Waals surface area (Å²) in [6.45, 7) is 11.1. The topological polar surface area (TPSA) is 104 Å². The van der Waals surface area contributed by atoms with Crippen LogP contribution in [0.2, 0.25) is 0 Å². The average molecular weight is 436 g/mol. The van der Waals surface area contributed by atoms with Crippen LogP contribution < -0.4 is 22.0 Å². The monoisotopic (exact) mass is 435 g/mol. The fourth-order valence-electron chi connectivity index (χ4n) is 4.30. The van der Waals surface area contributed by atoms with Crippen molar-refractivity contribution in [2.75, 3.05) is 18.9 Å². The number of rotatable bonds is 5. The highest BCUT2D eigenvalue weighted by Crippen LogP contribution is 2.28. The molecule has 3 rings (SSSR count). The standard InChI is InChI=1S/C26H33N3O3/c1-6-15(3)24-20(14-18(7-2)19-10-12-32-13-11-19)22(26(28)31)25(27)29(24)23-16(4)8-9-21(30)17(23)5/h7-10,14,30H,6,11-13,27H2,1-5H3,(H2,28,31)/b18-7+,20-14-,24-15?. The quantitative estimate of drug-likeness (QED) is 0.671. The minimum atomic E-state index is -0.579. The maximum absolute atomic E-state index is 12.6. The number of hydrogen-bond acceptors (Lipinski definition) is 4. The fraction of sp³-hybridized carbons (Fsp3) is 0.346. The van der Waals surface area contributed by atoms with Crippen molar-refractivity contribution in [1.29, 1.82) is 0 Å². The van der Waals surface area contributed by atoms with Crippen molar-refractivity contribution in [3.63, 3.8) is 0 Å². The minimum absolute atomic E-state index is 0.173. The molecular formula is C26H33N3O3. The number of nitrogen functional groups attached to an aromatic ring is 1. The number of aryl methyl sites for hydroxylation is 1. The molecule has 2 heterocycles. The number of carbonyl (C=O) groups excluding carboxylic acids is 1. The Balaban J connectivity index is 2.53. The van der Waals surface area contributed by atoms with Crippen molar-refractivity contribution in [3.05, 3.63) is 62.7 Å². The summed E-state index contributed by atoms with van der Waals surface area (Å²) in [4.78, 5) is 12.6. The summed E-state index contributed by atoms with van der Waals surface area (Å²) < 4.78 is 7.34. The number of nitrogens with zero attached hydrogens (tertiary/aromatic N) is 1. The zero-order valence-electron chi connectivity index (χ0n) is 19.6. The Labute approximate surface area is 189 Å². The van der Waals surface area contributed by atoms with E-state index in [4.69, 9.17) is 16.2 Å². The predicted molar refractivity (Wildman–Crippen MR) is 130 cm³/mol. The number of benzene rings is 1. The van der Waals surface area contributed by atoms with Gasteiger partial charge in [-0.15, -0.1) is 0 Å². The van der Waals surface area contributed by atoms with Crippen molar-refractivity contribution in [3.8, 4) is 11.4 Å². The van der Waals surface area contributed by atoms with Gasteiger partial charge in [-0.05, 0) is 75.0 Å². The Morgan fingerprint density at radius 2 is 2.03 bits per heavy atom. The van der Waals surface area contributed by atoms with Crippen LogP contribution in [0, 0.1) is 13.8 Å². The molecule has 0 spiro atoms. The number of nitrogens with two attached hydrogens (primary N) is 2. The van der Waals surface area contributed by atoms with Crippen LogP contribution in [0.4, 0.5) is 5.82 Å². The molecular weight excluding hydrogens is 402 g/mol. The lowest BCUT2D eigenvalue weighted by molar-refractivity contribution is 0.100. The summed E-state index contributed by atoms with van der Waals surface area (Å²) >= 11 is 0. The number of anilines is 1. The van der Waals surface area contributed by atoms with Gasteiger partial charge in [0.25, 0.3) is 5.91 Å². The van der Waals surface area contributed by atoms with Gasteiger partial charge in [0.15, 0.2) is 0 Å². The van der Waals surface area contributed by atoms with Gasteiger partial charge in [0.1, 0.15) is 11.6 Å². The van der Waals surface area contributed by atoms with Gasteiger partial charge < -0.3 is 21.3 Å². The Kier molecular flexibility index (Phi) is 6.94. The van der Waals surface area contributed by atoms with Gasteiger partial charge in [0.2, 0.25) is 0 Å². The summed E-state index contributed by atoms with van der Waals surface area (Å²) in [5, 5.41) is 12.0. The van der Waals surface area contributed by atoms with E-state index in [2.05, 4.69) is 13.0 Å². The molecule has 1 amide bonds. The van der Waals surface area contributed by atoms with E-state index >= 15 is 0 Å². The van der Waals surface area contributed by atoms with E-state index in [0.717, 1.165) is 40.6 Å². The number of phenolic OH excluding ortho intramolecular Hbond substituents is 1. The van der Waals surface area contributed by atoms with E-state index in [1.165, 1.54) is 5.57 Å². The van der Waals surface area contributed by atoms with E-state index < -0.39 is 5.91 Å². The van der Waals surface area contributed by atoms with Crippen LogP contribution in [0.25, 0.3) is 17.3 Å². The molecule has 0 unspecified atom stereocenters. The van der Waals surface area contributed by atoms with Gasteiger partial charge in [0.05, 0.1) is 29.8 Å². The van der Waals surface area contributed by atoms with Crippen molar-refractivity contribution in [2.24, 2.45) is 5.73 Å². The summed E-state index contributed by atoms with van der Waals surface area (Å²) in [5.74, 6) is -0.129. The largest absolute Gasteiger partial charge is 0.508 e. The number of aromatic hydroxyl groups is 1. The third kappa shape index (κ3) is 4.10. The molecule has 0 radical (unpaired) electrons. The highest BCUT2D eigenvalue weighted by molar-refractivity contribution is 5.99. The number of allylic oxidation sites excluding steroid dienone is 2. The SMILES string of the molecule is C/C=C(\C=c1\c(C(N)=O)c(N)n(-c2c(C)ccc(O)c2C)c1=C(C)CC)C1=CCOCC1. The van der Waals surface area contributed by atoms with Crippen molar-refractivity contribution in [1.82, 2.24) is 4.57 Å². The summed E-state index contributed by atoms with van der Waals surface area (Å²) in [6, 6.07) is 3.52. The molecule has 6 nitrogen and oxygen atoms in total. The molecule has 1 aromatic carbocycles. The molecule has 0 atom stereocenters. The first-order valence-electron chi connectivity index (χ1n) is 11.0. The predicted octanol–water partition coefficient (Wildman–Crippen LogP) is 3.13. The number of aromatic nitrogens is 1. The number of hydrogen-bond donors (Lipinski definition) is 3. The van der Waals surface area contributed by atoms with Gasteiger partial charge in [-0.1, -0.05) is 25.1 Å². The molecule has 0 bridgehead atoms.